The second kappa shape index (κ2) is 71.7. The fourth-order valence-electron chi connectivity index (χ4n) is 12.4. The van der Waals surface area contributed by atoms with E-state index in [1.165, 1.54) is 231 Å². The van der Waals surface area contributed by atoms with E-state index in [2.05, 4.69) is 41.5 Å². The first-order chi connectivity index (χ1) is 47.9. The van der Waals surface area contributed by atoms with Gasteiger partial charge in [-0.25, -0.2) is 9.13 Å². The summed E-state index contributed by atoms with van der Waals surface area (Å²) in [6.07, 6.45) is 61.6. The minimum absolute atomic E-state index is 0.106. The number of aliphatic hydroxyl groups is 1. The Balaban J connectivity index is 5.12. The van der Waals surface area contributed by atoms with Crippen molar-refractivity contribution >= 4 is 39.5 Å². The maximum Gasteiger partial charge on any atom is 0.472 e. The highest BCUT2D eigenvalue weighted by Gasteiger charge is 2.30. The molecule has 0 aliphatic heterocycles. The number of aliphatic hydroxyl groups excluding tert-OH is 1. The maximum absolute atomic E-state index is 13.1. The molecule has 0 rings (SSSR count). The van der Waals surface area contributed by atoms with Crippen LogP contribution in [0.25, 0.3) is 0 Å². The number of ether oxygens (including phenoxy) is 4. The third-order valence-electron chi connectivity index (χ3n) is 18.7. The minimum Gasteiger partial charge on any atom is -0.462 e. The molecule has 0 aliphatic rings. The molecule has 0 fully saturated rings. The standard InChI is InChI=1S/C80H156O17P2/c1-7-9-11-13-14-15-16-17-18-19-23-26-29-35-40-45-51-57-63-78(83)91-69-76(97-80(85)65-58-52-46-41-36-30-27-24-21-20-22-25-28-33-38-43-49-54-60-72(3)4)71-95-99(88,89)93-67-74(81)66-92-98(86,87)94-70-75(68-90-77(82)62-56-48-12-10-8-2)96-79(84)64-59-53-47-42-37-32-31-34-39-44-50-55-61-73(5)6/h72-76,81H,7-71H2,1-6H3,(H,86,87)(H,88,89)/t74-,75+,76+/m0/s1. The minimum atomic E-state index is -4.96. The summed E-state index contributed by atoms with van der Waals surface area (Å²) in [5, 5.41) is 10.6. The van der Waals surface area contributed by atoms with E-state index in [1.807, 2.05) is 0 Å². The van der Waals surface area contributed by atoms with Gasteiger partial charge in [-0.1, -0.05) is 369 Å². The van der Waals surface area contributed by atoms with Gasteiger partial charge >= 0.3 is 39.5 Å². The number of esters is 4. The van der Waals surface area contributed by atoms with Crippen molar-refractivity contribution in [3.8, 4) is 0 Å². The first-order valence-corrected chi connectivity index (χ1v) is 44.5. The molecule has 19 heteroatoms. The average molecular weight is 1450 g/mol. The summed E-state index contributed by atoms with van der Waals surface area (Å²) in [6, 6.07) is 0. The van der Waals surface area contributed by atoms with Gasteiger partial charge in [-0.15, -0.1) is 0 Å². The quantitative estimate of drug-likeness (QED) is 0.0222. The molecule has 0 spiro atoms. The van der Waals surface area contributed by atoms with Crippen molar-refractivity contribution in [3.63, 3.8) is 0 Å². The molecular weight excluding hydrogens is 1290 g/mol. The number of rotatable bonds is 79. The molecule has 5 atom stereocenters. The third-order valence-corrected chi connectivity index (χ3v) is 20.6. The lowest BCUT2D eigenvalue weighted by Gasteiger charge is -2.21. The van der Waals surface area contributed by atoms with Crippen LogP contribution in [0.15, 0.2) is 0 Å². The molecule has 0 saturated heterocycles. The first kappa shape index (κ1) is 97.1. The fourth-order valence-corrected chi connectivity index (χ4v) is 13.9. The SMILES string of the molecule is CCCCCCCCCCCCCCCCCCCCC(=O)OC[C@H](COP(=O)(O)OC[C@@H](O)COP(=O)(O)OC[C@@H](COC(=O)CCCCCCC)OC(=O)CCCCCCCCCCCCCCC(C)C)OC(=O)CCCCCCCCCCCCCCCCCCCCC(C)C. The molecule has 0 radical (unpaired) electrons. The zero-order valence-electron chi connectivity index (χ0n) is 64.8. The molecule has 0 aliphatic carbocycles. The lowest BCUT2D eigenvalue weighted by atomic mass is 10.0. The van der Waals surface area contributed by atoms with E-state index in [0.29, 0.717) is 25.7 Å². The molecule has 0 aromatic rings. The molecule has 0 bridgehead atoms. The van der Waals surface area contributed by atoms with Gasteiger partial charge in [0.2, 0.25) is 0 Å². The predicted octanol–water partition coefficient (Wildman–Crippen LogP) is 23.9. The summed E-state index contributed by atoms with van der Waals surface area (Å²) < 4.78 is 68.4. The third kappa shape index (κ3) is 74.1. The first-order valence-electron chi connectivity index (χ1n) is 41.5. The van der Waals surface area contributed by atoms with Gasteiger partial charge in [0.1, 0.15) is 19.3 Å². The number of hydrogen-bond donors (Lipinski definition) is 3. The van der Waals surface area contributed by atoms with E-state index in [4.69, 9.17) is 37.0 Å². The van der Waals surface area contributed by atoms with Crippen molar-refractivity contribution in [2.75, 3.05) is 39.6 Å². The topological polar surface area (TPSA) is 237 Å². The van der Waals surface area contributed by atoms with E-state index in [1.54, 1.807) is 0 Å². The van der Waals surface area contributed by atoms with E-state index in [-0.39, 0.29) is 25.7 Å². The van der Waals surface area contributed by atoms with Crippen molar-refractivity contribution in [1.82, 2.24) is 0 Å². The van der Waals surface area contributed by atoms with Gasteiger partial charge in [-0.2, -0.15) is 0 Å². The van der Waals surface area contributed by atoms with Gasteiger partial charge < -0.3 is 33.8 Å². The van der Waals surface area contributed by atoms with Gasteiger partial charge in [0.15, 0.2) is 12.2 Å². The van der Waals surface area contributed by atoms with Crippen LogP contribution >= 0.6 is 15.6 Å². The Labute approximate surface area is 607 Å². The van der Waals surface area contributed by atoms with Crippen LogP contribution in [0.1, 0.15) is 420 Å². The van der Waals surface area contributed by atoms with Crippen molar-refractivity contribution < 1.29 is 80.2 Å². The summed E-state index contributed by atoms with van der Waals surface area (Å²) in [4.78, 5) is 72.7. The zero-order chi connectivity index (χ0) is 72.8. The molecular formula is C80H156O17P2. The zero-order valence-corrected chi connectivity index (χ0v) is 66.6. The number of unbranched alkanes of at least 4 members (excludes halogenated alkanes) is 49. The monoisotopic (exact) mass is 1450 g/mol. The van der Waals surface area contributed by atoms with Crippen LogP contribution in [0.2, 0.25) is 0 Å². The van der Waals surface area contributed by atoms with Crippen LogP contribution in [0.3, 0.4) is 0 Å². The summed E-state index contributed by atoms with van der Waals surface area (Å²) >= 11 is 0. The second-order valence-electron chi connectivity index (χ2n) is 29.8. The lowest BCUT2D eigenvalue weighted by molar-refractivity contribution is -0.161. The highest BCUT2D eigenvalue weighted by atomic mass is 31.2. The summed E-state index contributed by atoms with van der Waals surface area (Å²) in [7, 11) is -9.91. The maximum atomic E-state index is 13.1. The number of hydrogen-bond acceptors (Lipinski definition) is 15. The highest BCUT2D eigenvalue weighted by Crippen LogP contribution is 2.45. The Bertz CT molecular complexity index is 1910. The Hall–Kier alpha value is -1.94. The van der Waals surface area contributed by atoms with Crippen molar-refractivity contribution in [2.45, 2.75) is 439 Å². The fraction of sp³-hybridized carbons (Fsp3) is 0.950. The predicted molar refractivity (Wildman–Crippen MR) is 405 cm³/mol. The Morgan fingerprint density at radius 1 is 0.273 bits per heavy atom. The Morgan fingerprint density at radius 3 is 0.687 bits per heavy atom. The smallest absolute Gasteiger partial charge is 0.462 e. The molecule has 99 heavy (non-hydrogen) atoms. The van der Waals surface area contributed by atoms with E-state index in [9.17, 15) is 43.2 Å². The van der Waals surface area contributed by atoms with Crippen molar-refractivity contribution in [1.29, 1.82) is 0 Å². The van der Waals surface area contributed by atoms with Crippen molar-refractivity contribution in [3.05, 3.63) is 0 Å². The normalized spacial score (nSPS) is 13.9. The van der Waals surface area contributed by atoms with Gasteiger partial charge in [0.25, 0.3) is 0 Å². The molecule has 17 nitrogen and oxygen atoms in total. The Morgan fingerprint density at radius 2 is 0.465 bits per heavy atom. The lowest BCUT2D eigenvalue weighted by Crippen LogP contribution is -2.30. The van der Waals surface area contributed by atoms with Gasteiger partial charge in [-0.3, -0.25) is 37.3 Å². The summed E-state index contributed by atoms with van der Waals surface area (Å²) in [6.45, 7) is 9.58. The number of phosphoric ester groups is 2. The second-order valence-corrected chi connectivity index (χ2v) is 32.7. The summed E-state index contributed by atoms with van der Waals surface area (Å²) in [5.74, 6) is -0.524. The molecule has 3 N–H and O–H groups in total. The van der Waals surface area contributed by atoms with E-state index < -0.39 is 97.5 Å². The van der Waals surface area contributed by atoms with Crippen LogP contribution in [0.4, 0.5) is 0 Å². The average Bonchev–Trinajstić information content (AvgIpc) is 0.986. The highest BCUT2D eigenvalue weighted by molar-refractivity contribution is 7.47. The van der Waals surface area contributed by atoms with E-state index in [0.717, 1.165) is 108 Å². The van der Waals surface area contributed by atoms with Crippen LogP contribution < -0.4 is 0 Å². The molecule has 0 aromatic heterocycles. The molecule has 0 heterocycles. The van der Waals surface area contributed by atoms with Gasteiger partial charge in [-0.05, 0) is 37.5 Å². The van der Waals surface area contributed by atoms with Gasteiger partial charge in [0.05, 0.1) is 26.4 Å². The molecule has 0 aromatic carbocycles. The van der Waals surface area contributed by atoms with Crippen LogP contribution in [0, 0.1) is 11.8 Å². The van der Waals surface area contributed by atoms with Crippen LogP contribution in [-0.4, -0.2) is 96.7 Å². The summed E-state index contributed by atoms with van der Waals surface area (Å²) in [5.41, 5.74) is 0. The Kier molecular flexibility index (Phi) is 70.3. The largest absolute Gasteiger partial charge is 0.472 e. The number of carbonyl (C=O) groups excluding carboxylic acids is 4. The molecule has 588 valence electrons. The molecule has 0 saturated carbocycles. The van der Waals surface area contributed by atoms with Gasteiger partial charge in [0, 0.05) is 25.7 Å². The molecule has 0 amide bonds. The number of carbonyl (C=O) groups is 4. The van der Waals surface area contributed by atoms with E-state index >= 15 is 0 Å². The van der Waals surface area contributed by atoms with Crippen LogP contribution in [-0.2, 0) is 65.4 Å². The van der Waals surface area contributed by atoms with Crippen LogP contribution in [0.5, 0.6) is 0 Å². The number of phosphoric acid groups is 2. The molecule has 2 unspecified atom stereocenters. The van der Waals surface area contributed by atoms with Crippen molar-refractivity contribution in [2.24, 2.45) is 11.8 Å².